The summed E-state index contributed by atoms with van der Waals surface area (Å²) in [6.45, 7) is 4.79. The first-order valence-electron chi connectivity index (χ1n) is 25.0. The molecule has 3 nitrogen and oxygen atoms in total. The van der Waals surface area contributed by atoms with Crippen LogP contribution in [-0.4, -0.2) is 9.13 Å². The summed E-state index contributed by atoms with van der Waals surface area (Å²) in [6, 6.07) is 96.0. The summed E-state index contributed by atoms with van der Waals surface area (Å²) in [4.78, 5) is 2.37. The Balaban J connectivity index is 0.939. The van der Waals surface area contributed by atoms with Gasteiger partial charge in [0.1, 0.15) is 0 Å². The average molecular weight is 920 g/mol. The third-order valence-corrected chi connectivity index (χ3v) is 15.3. The zero-order valence-corrected chi connectivity index (χ0v) is 40.2. The maximum atomic E-state index is 2.47. The van der Waals surface area contributed by atoms with Crippen LogP contribution in [-0.2, 0) is 5.41 Å². The summed E-state index contributed by atoms with van der Waals surface area (Å²) in [5.74, 6) is 0. The highest BCUT2D eigenvalue weighted by atomic mass is 15.1. The highest BCUT2D eigenvalue weighted by Crippen LogP contribution is 2.52. The van der Waals surface area contributed by atoms with E-state index in [0.717, 1.165) is 28.4 Å². The monoisotopic (exact) mass is 919 g/mol. The Morgan fingerprint density at radius 1 is 0.278 bits per heavy atom. The third-order valence-electron chi connectivity index (χ3n) is 15.3. The fraction of sp³-hybridized carbons (Fsp3) is 0.0435. The van der Waals surface area contributed by atoms with Gasteiger partial charge in [0.05, 0.1) is 22.1 Å². The number of aromatic nitrogens is 2. The van der Waals surface area contributed by atoms with Crippen LogP contribution in [0.3, 0.4) is 0 Å². The highest BCUT2D eigenvalue weighted by Gasteiger charge is 2.36. The molecule has 3 heteroatoms. The van der Waals surface area contributed by atoms with E-state index in [1.807, 2.05) is 0 Å². The molecule has 0 bridgehead atoms. The summed E-state index contributed by atoms with van der Waals surface area (Å²) >= 11 is 0. The van der Waals surface area contributed by atoms with E-state index in [4.69, 9.17) is 0 Å². The molecule has 11 aromatic carbocycles. The first-order chi connectivity index (χ1) is 35.5. The van der Waals surface area contributed by atoms with E-state index in [0.29, 0.717) is 0 Å². The molecule has 2 heterocycles. The van der Waals surface area contributed by atoms with Gasteiger partial charge in [-0.2, -0.15) is 0 Å². The van der Waals surface area contributed by atoms with Gasteiger partial charge in [0.15, 0.2) is 0 Å². The predicted molar refractivity (Wildman–Crippen MR) is 304 cm³/mol. The van der Waals surface area contributed by atoms with Gasteiger partial charge in [-0.05, 0) is 171 Å². The zero-order chi connectivity index (χ0) is 47.9. The fourth-order valence-electron chi connectivity index (χ4n) is 11.8. The Bertz CT molecular complexity index is 4180. The topological polar surface area (TPSA) is 13.1 Å². The van der Waals surface area contributed by atoms with Crippen molar-refractivity contribution < 1.29 is 0 Å². The lowest BCUT2D eigenvalue weighted by atomic mass is 9.81. The van der Waals surface area contributed by atoms with Crippen LogP contribution in [0.1, 0.15) is 25.0 Å². The minimum absolute atomic E-state index is 0.246. The largest absolute Gasteiger partial charge is 0.310 e. The SMILES string of the molecule is CC1(C)c2cc(-c3cc(-c4ccc5c(c4)c4ccccc4n5-c4ccccc4)cc(-c4ccc5c6ccccc6n(-c6ccccc6)c5c4)c3)ccc2-c2ccc(N(c3ccccc3)c3ccccc3)cc21. The van der Waals surface area contributed by atoms with Crippen LogP contribution in [0, 0.1) is 0 Å². The molecule has 2 aromatic heterocycles. The molecule has 72 heavy (non-hydrogen) atoms. The molecular formula is C69H49N3. The minimum atomic E-state index is -0.246. The Morgan fingerprint density at radius 3 is 1.29 bits per heavy atom. The van der Waals surface area contributed by atoms with Gasteiger partial charge in [0, 0.05) is 55.4 Å². The standard InChI is InChI=1S/C69H49N3/c1-69(2)63-43-47(31-35-57(63)58-37-34-56(45-64(58)69)70(52-19-7-3-8-20-52)53-21-9-4-10-22-53)50-39-49(46-33-38-67-62(42-46)60-28-16-18-30-66(60)71(67)54-23-11-5-12-24-54)40-51(41-50)48-32-36-61-59-27-15-17-29-65(59)72(68(61)44-48)55-25-13-6-14-26-55/h3-45H,1-2H3. The van der Waals surface area contributed by atoms with Gasteiger partial charge in [0.2, 0.25) is 0 Å². The van der Waals surface area contributed by atoms with Gasteiger partial charge in [-0.1, -0.05) is 159 Å². The molecule has 0 N–H and O–H groups in total. The number of anilines is 3. The Hall–Kier alpha value is -9.18. The summed E-state index contributed by atoms with van der Waals surface area (Å²) in [5.41, 5.74) is 22.7. The molecule has 1 aliphatic rings. The van der Waals surface area contributed by atoms with Crippen LogP contribution in [0.25, 0.3) is 99.5 Å². The van der Waals surface area contributed by atoms with E-state index in [1.54, 1.807) is 0 Å². The molecule has 0 fully saturated rings. The normalized spacial score (nSPS) is 12.7. The van der Waals surface area contributed by atoms with Gasteiger partial charge in [0.25, 0.3) is 0 Å². The number of rotatable bonds is 8. The van der Waals surface area contributed by atoms with Crippen LogP contribution in [0.15, 0.2) is 261 Å². The molecule has 0 aliphatic heterocycles. The second kappa shape index (κ2) is 16.5. The second-order valence-corrected chi connectivity index (χ2v) is 19.8. The van der Waals surface area contributed by atoms with E-state index in [1.165, 1.54) is 99.2 Å². The minimum Gasteiger partial charge on any atom is -0.310 e. The average Bonchev–Trinajstić information content (AvgIpc) is 4.04. The summed E-state index contributed by atoms with van der Waals surface area (Å²) in [7, 11) is 0. The number of nitrogens with zero attached hydrogens (tertiary/aromatic N) is 3. The highest BCUT2D eigenvalue weighted by molar-refractivity contribution is 6.12. The lowest BCUT2D eigenvalue weighted by molar-refractivity contribution is 0.660. The number of para-hydroxylation sites is 6. The van der Waals surface area contributed by atoms with E-state index < -0.39 is 0 Å². The first kappa shape index (κ1) is 41.8. The van der Waals surface area contributed by atoms with Crippen molar-refractivity contribution in [1.82, 2.24) is 9.13 Å². The zero-order valence-electron chi connectivity index (χ0n) is 40.2. The van der Waals surface area contributed by atoms with Crippen LogP contribution in [0.4, 0.5) is 17.1 Å². The first-order valence-corrected chi connectivity index (χ1v) is 25.0. The van der Waals surface area contributed by atoms with E-state index in [-0.39, 0.29) is 5.41 Å². The second-order valence-electron chi connectivity index (χ2n) is 19.8. The van der Waals surface area contributed by atoms with Crippen LogP contribution in [0.5, 0.6) is 0 Å². The lowest BCUT2D eigenvalue weighted by Crippen LogP contribution is -2.16. The van der Waals surface area contributed by atoms with Crippen molar-refractivity contribution in [2.75, 3.05) is 4.90 Å². The number of benzene rings is 11. The smallest absolute Gasteiger partial charge is 0.0547 e. The number of fused-ring (bicyclic) bond motifs is 9. The van der Waals surface area contributed by atoms with E-state index in [9.17, 15) is 0 Å². The van der Waals surface area contributed by atoms with Crippen molar-refractivity contribution >= 4 is 60.7 Å². The molecule has 14 rings (SSSR count). The van der Waals surface area contributed by atoms with Crippen molar-refractivity contribution in [3.8, 4) is 55.9 Å². The van der Waals surface area contributed by atoms with E-state index >= 15 is 0 Å². The Kier molecular flexibility index (Phi) is 9.56. The van der Waals surface area contributed by atoms with E-state index in [2.05, 4.69) is 289 Å². The summed E-state index contributed by atoms with van der Waals surface area (Å²) < 4.78 is 4.81. The molecule has 0 amide bonds. The van der Waals surface area contributed by atoms with Crippen molar-refractivity contribution in [1.29, 1.82) is 0 Å². The van der Waals surface area contributed by atoms with Crippen molar-refractivity contribution in [2.45, 2.75) is 19.3 Å². The maximum Gasteiger partial charge on any atom is 0.0547 e. The molecule has 0 radical (unpaired) electrons. The van der Waals surface area contributed by atoms with Gasteiger partial charge in [-0.25, -0.2) is 0 Å². The molecule has 1 aliphatic carbocycles. The summed E-state index contributed by atoms with van der Waals surface area (Å²) in [6.07, 6.45) is 0. The molecule has 0 unspecified atom stereocenters. The lowest BCUT2D eigenvalue weighted by Gasteiger charge is -2.28. The maximum absolute atomic E-state index is 2.47. The fourth-order valence-corrected chi connectivity index (χ4v) is 11.8. The molecular weight excluding hydrogens is 871 g/mol. The molecule has 0 saturated carbocycles. The molecule has 0 spiro atoms. The van der Waals surface area contributed by atoms with Crippen molar-refractivity contribution in [3.63, 3.8) is 0 Å². The van der Waals surface area contributed by atoms with Gasteiger partial charge < -0.3 is 14.0 Å². The predicted octanol–water partition coefficient (Wildman–Crippen LogP) is 18.7. The molecule has 0 saturated heterocycles. The van der Waals surface area contributed by atoms with Crippen LogP contribution in [0.2, 0.25) is 0 Å². The Labute approximate surface area is 419 Å². The Morgan fingerprint density at radius 2 is 0.694 bits per heavy atom. The van der Waals surface area contributed by atoms with Crippen molar-refractivity contribution in [2.24, 2.45) is 0 Å². The number of hydrogen-bond acceptors (Lipinski definition) is 1. The molecule has 340 valence electrons. The van der Waals surface area contributed by atoms with Gasteiger partial charge in [-0.3, -0.25) is 0 Å². The molecule has 13 aromatic rings. The van der Waals surface area contributed by atoms with Gasteiger partial charge >= 0.3 is 0 Å². The van der Waals surface area contributed by atoms with Gasteiger partial charge in [-0.15, -0.1) is 0 Å². The van der Waals surface area contributed by atoms with Crippen LogP contribution >= 0.6 is 0 Å². The quantitative estimate of drug-likeness (QED) is 0.148. The van der Waals surface area contributed by atoms with Crippen molar-refractivity contribution in [3.05, 3.63) is 272 Å². The number of hydrogen-bond donors (Lipinski definition) is 0. The molecule has 0 atom stereocenters. The van der Waals surface area contributed by atoms with Crippen LogP contribution < -0.4 is 4.90 Å². The third kappa shape index (κ3) is 6.66. The summed E-state index contributed by atoms with van der Waals surface area (Å²) in [5, 5.41) is 4.98.